The first-order valence-electron chi connectivity index (χ1n) is 6.52. The van der Waals surface area contributed by atoms with Gasteiger partial charge in [0, 0.05) is 5.69 Å². The van der Waals surface area contributed by atoms with Crippen molar-refractivity contribution in [2.45, 2.75) is 13.1 Å². The Balaban J connectivity index is 1.97. The molecule has 1 N–H and O–H groups in total. The van der Waals surface area contributed by atoms with E-state index in [4.69, 9.17) is 4.74 Å². The maximum Gasteiger partial charge on any atom is 0.416 e. The van der Waals surface area contributed by atoms with Gasteiger partial charge in [-0.2, -0.15) is 13.2 Å². The predicted octanol–water partition coefficient (Wildman–Crippen LogP) is 4.03. The summed E-state index contributed by atoms with van der Waals surface area (Å²) in [6.07, 6.45) is -4.45. The Morgan fingerprint density at radius 2 is 1.86 bits per heavy atom. The molecule has 0 fully saturated rings. The van der Waals surface area contributed by atoms with E-state index in [-0.39, 0.29) is 12.3 Å². The summed E-state index contributed by atoms with van der Waals surface area (Å²) >= 11 is 0. The Morgan fingerprint density at radius 1 is 1.14 bits per heavy atom. The molecule has 116 valence electrons. The van der Waals surface area contributed by atoms with Gasteiger partial charge in [0.2, 0.25) is 0 Å². The van der Waals surface area contributed by atoms with Gasteiger partial charge in [-0.3, -0.25) is 4.79 Å². The van der Waals surface area contributed by atoms with Crippen LogP contribution in [0.1, 0.15) is 11.1 Å². The molecule has 0 aromatic heterocycles. The number of amides is 1. The van der Waals surface area contributed by atoms with Crippen molar-refractivity contribution in [1.82, 2.24) is 0 Å². The summed E-state index contributed by atoms with van der Waals surface area (Å²) in [5.74, 6) is 0.0317. The number of aryl methyl sites for hydroxylation is 1. The molecule has 3 nitrogen and oxygen atoms in total. The fraction of sp³-hybridized carbons (Fsp3) is 0.188. The average Bonchev–Trinajstić information content (AvgIpc) is 2.46. The second kappa shape index (κ2) is 6.51. The molecule has 0 unspecified atom stereocenters. The molecule has 0 aliphatic rings. The molecule has 1 amide bonds. The van der Waals surface area contributed by atoms with Crippen molar-refractivity contribution in [3.8, 4) is 5.75 Å². The summed E-state index contributed by atoms with van der Waals surface area (Å²) in [6, 6.07) is 11.6. The molecule has 0 spiro atoms. The number of anilines is 1. The van der Waals surface area contributed by atoms with Gasteiger partial charge in [-0.05, 0) is 36.8 Å². The number of hydrogen-bond acceptors (Lipinski definition) is 2. The SMILES string of the molecule is Cc1ccccc1OCC(=O)Nc1cccc(C(F)(F)F)c1. The first-order valence-corrected chi connectivity index (χ1v) is 6.52. The smallest absolute Gasteiger partial charge is 0.416 e. The molecule has 0 saturated heterocycles. The third kappa shape index (κ3) is 4.25. The summed E-state index contributed by atoms with van der Waals surface area (Å²) < 4.78 is 43.1. The van der Waals surface area contributed by atoms with Gasteiger partial charge in [0.05, 0.1) is 5.56 Å². The number of halogens is 3. The number of benzene rings is 2. The van der Waals surface area contributed by atoms with Crippen LogP contribution in [0.25, 0.3) is 0 Å². The van der Waals surface area contributed by atoms with E-state index in [2.05, 4.69) is 5.32 Å². The van der Waals surface area contributed by atoms with Gasteiger partial charge in [0.1, 0.15) is 5.75 Å². The van der Waals surface area contributed by atoms with Crippen molar-refractivity contribution in [3.63, 3.8) is 0 Å². The van der Waals surface area contributed by atoms with E-state index < -0.39 is 17.6 Å². The highest BCUT2D eigenvalue weighted by atomic mass is 19.4. The third-order valence-electron chi connectivity index (χ3n) is 2.93. The van der Waals surface area contributed by atoms with Crippen LogP contribution in [0, 0.1) is 6.92 Å². The molecule has 2 rings (SSSR count). The molecule has 0 aliphatic carbocycles. The highest BCUT2D eigenvalue weighted by molar-refractivity contribution is 5.91. The maximum atomic E-state index is 12.6. The van der Waals surface area contributed by atoms with Crippen molar-refractivity contribution in [2.24, 2.45) is 0 Å². The standard InChI is InChI=1S/C16H14F3NO2/c1-11-5-2-3-8-14(11)22-10-15(21)20-13-7-4-6-12(9-13)16(17,18)19/h2-9H,10H2,1H3,(H,20,21). The van der Waals surface area contributed by atoms with E-state index in [1.165, 1.54) is 12.1 Å². The summed E-state index contributed by atoms with van der Waals surface area (Å²) in [5.41, 5.74) is 0.132. The summed E-state index contributed by atoms with van der Waals surface area (Å²) in [7, 11) is 0. The quantitative estimate of drug-likeness (QED) is 0.926. The van der Waals surface area contributed by atoms with E-state index in [0.29, 0.717) is 5.75 Å². The highest BCUT2D eigenvalue weighted by Gasteiger charge is 2.30. The van der Waals surface area contributed by atoms with Crippen LogP contribution >= 0.6 is 0 Å². The summed E-state index contributed by atoms with van der Waals surface area (Å²) in [6.45, 7) is 1.56. The molecule has 0 saturated carbocycles. The number of alkyl halides is 3. The lowest BCUT2D eigenvalue weighted by atomic mass is 10.2. The number of para-hydroxylation sites is 1. The maximum absolute atomic E-state index is 12.6. The van der Waals surface area contributed by atoms with Crippen molar-refractivity contribution in [1.29, 1.82) is 0 Å². The highest BCUT2D eigenvalue weighted by Crippen LogP contribution is 2.30. The van der Waals surface area contributed by atoms with E-state index in [1.807, 2.05) is 19.1 Å². The van der Waals surface area contributed by atoms with Crippen LogP contribution < -0.4 is 10.1 Å². The summed E-state index contributed by atoms with van der Waals surface area (Å²) in [4.78, 5) is 11.7. The van der Waals surface area contributed by atoms with Crippen LogP contribution in [0.2, 0.25) is 0 Å². The number of hydrogen-bond donors (Lipinski definition) is 1. The fourth-order valence-electron chi connectivity index (χ4n) is 1.83. The topological polar surface area (TPSA) is 38.3 Å². The lowest BCUT2D eigenvalue weighted by molar-refractivity contribution is -0.137. The number of nitrogens with one attached hydrogen (secondary N) is 1. The zero-order chi connectivity index (χ0) is 16.2. The van der Waals surface area contributed by atoms with Gasteiger partial charge >= 0.3 is 6.18 Å². The average molecular weight is 309 g/mol. The van der Waals surface area contributed by atoms with Crippen molar-refractivity contribution in [2.75, 3.05) is 11.9 Å². The van der Waals surface area contributed by atoms with E-state index in [0.717, 1.165) is 17.7 Å². The van der Waals surface area contributed by atoms with Crippen LogP contribution in [-0.4, -0.2) is 12.5 Å². The van der Waals surface area contributed by atoms with Crippen LogP contribution in [0.4, 0.5) is 18.9 Å². The zero-order valence-corrected chi connectivity index (χ0v) is 11.8. The monoisotopic (exact) mass is 309 g/mol. The van der Waals surface area contributed by atoms with Crippen molar-refractivity contribution < 1.29 is 22.7 Å². The van der Waals surface area contributed by atoms with Crippen LogP contribution in [-0.2, 0) is 11.0 Å². The van der Waals surface area contributed by atoms with Gasteiger partial charge in [-0.15, -0.1) is 0 Å². The number of ether oxygens (including phenoxy) is 1. The zero-order valence-electron chi connectivity index (χ0n) is 11.8. The molecule has 6 heteroatoms. The van der Waals surface area contributed by atoms with Crippen LogP contribution in [0.5, 0.6) is 5.75 Å². The third-order valence-corrected chi connectivity index (χ3v) is 2.93. The van der Waals surface area contributed by atoms with Gasteiger partial charge in [0.15, 0.2) is 6.61 Å². The van der Waals surface area contributed by atoms with Gasteiger partial charge in [0.25, 0.3) is 5.91 Å². The molecule has 0 radical (unpaired) electrons. The van der Waals surface area contributed by atoms with E-state index in [1.54, 1.807) is 12.1 Å². The summed E-state index contributed by atoms with van der Waals surface area (Å²) in [5, 5.41) is 2.38. The normalized spacial score (nSPS) is 11.1. The lowest BCUT2D eigenvalue weighted by Gasteiger charge is -2.11. The second-order valence-corrected chi connectivity index (χ2v) is 4.68. The minimum absolute atomic E-state index is 0.0770. The van der Waals surface area contributed by atoms with Gasteiger partial charge < -0.3 is 10.1 Å². The number of carbonyl (C=O) groups is 1. The van der Waals surface area contributed by atoms with E-state index in [9.17, 15) is 18.0 Å². The van der Waals surface area contributed by atoms with Crippen molar-refractivity contribution >= 4 is 11.6 Å². The molecular formula is C16H14F3NO2. The Labute approximate surface area is 125 Å². The van der Waals surface area contributed by atoms with Crippen molar-refractivity contribution in [3.05, 3.63) is 59.7 Å². The molecule has 0 aliphatic heterocycles. The first-order chi connectivity index (χ1) is 10.4. The first kappa shape index (κ1) is 15.9. The Hall–Kier alpha value is -2.50. The van der Waals surface area contributed by atoms with Crippen LogP contribution in [0.3, 0.4) is 0 Å². The molecule has 0 bridgehead atoms. The van der Waals surface area contributed by atoms with Gasteiger partial charge in [-0.25, -0.2) is 0 Å². The molecular weight excluding hydrogens is 295 g/mol. The molecule has 2 aromatic rings. The Kier molecular flexibility index (Phi) is 4.70. The van der Waals surface area contributed by atoms with Crippen LogP contribution in [0.15, 0.2) is 48.5 Å². The predicted molar refractivity (Wildman–Crippen MR) is 76.7 cm³/mol. The fourth-order valence-corrected chi connectivity index (χ4v) is 1.83. The minimum Gasteiger partial charge on any atom is -0.483 e. The second-order valence-electron chi connectivity index (χ2n) is 4.68. The number of carbonyl (C=O) groups excluding carboxylic acids is 1. The Morgan fingerprint density at radius 3 is 2.55 bits per heavy atom. The Bertz CT molecular complexity index is 668. The molecule has 0 heterocycles. The van der Waals surface area contributed by atoms with E-state index >= 15 is 0 Å². The lowest BCUT2D eigenvalue weighted by Crippen LogP contribution is -2.20. The molecule has 22 heavy (non-hydrogen) atoms. The van der Waals surface area contributed by atoms with Gasteiger partial charge in [-0.1, -0.05) is 24.3 Å². The molecule has 0 atom stereocenters. The molecule has 2 aromatic carbocycles. The largest absolute Gasteiger partial charge is 0.483 e. The minimum atomic E-state index is -4.45. The number of rotatable bonds is 4.